The Morgan fingerprint density at radius 1 is 1.04 bits per heavy atom. The fourth-order valence-corrected chi connectivity index (χ4v) is 3.70. The fraction of sp³-hybridized carbons (Fsp3) is 0.368. The molecule has 8 nitrogen and oxygen atoms in total. The number of ether oxygens (including phenoxy) is 2. The van der Waals surface area contributed by atoms with E-state index in [4.69, 9.17) is 9.47 Å². The molecule has 4 heterocycles. The molecule has 1 spiro atoms. The number of likely N-dealkylation sites (tertiary alicyclic amines) is 1. The van der Waals surface area contributed by atoms with Gasteiger partial charge in [-0.15, -0.1) is 5.10 Å². The van der Waals surface area contributed by atoms with Crippen LogP contribution in [0.1, 0.15) is 23.2 Å². The summed E-state index contributed by atoms with van der Waals surface area (Å²) in [6, 6.07) is 11.1. The summed E-state index contributed by atoms with van der Waals surface area (Å²) in [5.74, 6) is -0.446. The van der Waals surface area contributed by atoms with Crippen molar-refractivity contribution in [3.8, 4) is 5.69 Å². The topological polar surface area (TPSA) is 82.4 Å². The first kappa shape index (κ1) is 16.3. The lowest BCUT2D eigenvalue weighted by atomic mass is 10.0. The molecule has 0 radical (unpaired) electrons. The van der Waals surface area contributed by atoms with Gasteiger partial charge in [-0.25, -0.2) is 4.98 Å². The molecule has 5 rings (SSSR count). The van der Waals surface area contributed by atoms with Crippen molar-refractivity contribution >= 4 is 17.1 Å². The number of fused-ring (bicyclic) bond motifs is 1. The van der Waals surface area contributed by atoms with Crippen LogP contribution >= 0.6 is 0 Å². The summed E-state index contributed by atoms with van der Waals surface area (Å²) in [4.78, 5) is 19.0. The van der Waals surface area contributed by atoms with Gasteiger partial charge in [0.2, 0.25) is 0 Å². The number of hydrogen-bond acceptors (Lipinski definition) is 6. The van der Waals surface area contributed by atoms with E-state index in [0.717, 1.165) is 11.2 Å². The minimum atomic E-state index is -0.470. The Balaban J connectivity index is 1.32. The molecule has 1 aromatic carbocycles. The molecule has 1 amide bonds. The van der Waals surface area contributed by atoms with Crippen LogP contribution in [0.4, 0.5) is 0 Å². The van der Waals surface area contributed by atoms with Gasteiger partial charge in [0.25, 0.3) is 5.91 Å². The maximum absolute atomic E-state index is 12.8. The van der Waals surface area contributed by atoms with Crippen LogP contribution in [0.2, 0.25) is 0 Å². The fourth-order valence-electron chi connectivity index (χ4n) is 3.70. The van der Waals surface area contributed by atoms with Crippen LogP contribution in [-0.4, -0.2) is 62.9 Å². The second kappa shape index (κ2) is 6.40. The SMILES string of the molecule is O=C(c1ccc(-n2nnc3cccnc32)cc1)N1CCC2(CC1)OCCO2. The number of hydrogen-bond donors (Lipinski definition) is 0. The summed E-state index contributed by atoms with van der Waals surface area (Å²) < 4.78 is 13.1. The summed E-state index contributed by atoms with van der Waals surface area (Å²) >= 11 is 0. The van der Waals surface area contributed by atoms with Gasteiger partial charge in [0.1, 0.15) is 5.52 Å². The predicted octanol–water partition coefficient (Wildman–Crippen LogP) is 1.79. The number of amides is 1. The largest absolute Gasteiger partial charge is 0.347 e. The summed E-state index contributed by atoms with van der Waals surface area (Å²) in [5, 5.41) is 8.26. The van der Waals surface area contributed by atoms with E-state index in [9.17, 15) is 4.79 Å². The molecule has 2 saturated heterocycles. The summed E-state index contributed by atoms with van der Waals surface area (Å²) in [7, 11) is 0. The molecular weight excluding hydrogens is 346 g/mol. The maximum Gasteiger partial charge on any atom is 0.253 e. The molecule has 2 aromatic heterocycles. The highest BCUT2D eigenvalue weighted by molar-refractivity contribution is 5.94. The quantitative estimate of drug-likeness (QED) is 0.689. The smallest absolute Gasteiger partial charge is 0.253 e. The number of carbonyl (C=O) groups is 1. The Bertz CT molecular complexity index is 968. The van der Waals surface area contributed by atoms with Crippen LogP contribution in [0.25, 0.3) is 16.9 Å². The number of carbonyl (C=O) groups excluding carboxylic acids is 1. The van der Waals surface area contributed by atoms with Crippen LogP contribution in [0.15, 0.2) is 42.6 Å². The lowest BCUT2D eigenvalue weighted by Crippen LogP contribution is -2.47. The number of benzene rings is 1. The normalized spacial score (nSPS) is 19.0. The number of rotatable bonds is 2. The predicted molar refractivity (Wildman–Crippen MR) is 96.4 cm³/mol. The molecule has 0 bridgehead atoms. The summed E-state index contributed by atoms with van der Waals surface area (Å²) in [6.07, 6.45) is 3.14. The van der Waals surface area contributed by atoms with Gasteiger partial charge in [-0.3, -0.25) is 4.79 Å². The molecule has 138 valence electrons. The number of pyridine rings is 1. The molecule has 0 saturated carbocycles. The number of piperidine rings is 1. The van der Waals surface area contributed by atoms with Gasteiger partial charge in [0.05, 0.1) is 18.9 Å². The third-order valence-electron chi connectivity index (χ3n) is 5.19. The zero-order chi connectivity index (χ0) is 18.3. The van der Waals surface area contributed by atoms with Crippen molar-refractivity contribution in [1.29, 1.82) is 0 Å². The maximum atomic E-state index is 12.8. The van der Waals surface area contributed by atoms with Crippen molar-refractivity contribution in [2.24, 2.45) is 0 Å². The monoisotopic (exact) mass is 365 g/mol. The molecule has 8 heteroatoms. The first-order valence-corrected chi connectivity index (χ1v) is 9.08. The number of aromatic nitrogens is 4. The zero-order valence-electron chi connectivity index (χ0n) is 14.7. The molecule has 0 N–H and O–H groups in total. The third-order valence-corrected chi connectivity index (χ3v) is 5.19. The van der Waals surface area contributed by atoms with Crippen molar-refractivity contribution in [2.45, 2.75) is 18.6 Å². The Morgan fingerprint density at radius 2 is 1.78 bits per heavy atom. The van der Waals surface area contributed by atoms with Gasteiger partial charge in [0.15, 0.2) is 11.4 Å². The molecule has 2 aliphatic heterocycles. The molecule has 0 aliphatic carbocycles. The molecule has 3 aromatic rings. The summed E-state index contributed by atoms with van der Waals surface area (Å²) in [5.41, 5.74) is 2.89. The minimum Gasteiger partial charge on any atom is -0.347 e. The van der Waals surface area contributed by atoms with Gasteiger partial charge in [-0.2, -0.15) is 4.68 Å². The first-order valence-electron chi connectivity index (χ1n) is 9.08. The lowest BCUT2D eigenvalue weighted by molar-refractivity contribution is -0.181. The van der Waals surface area contributed by atoms with Crippen LogP contribution < -0.4 is 0 Å². The van der Waals surface area contributed by atoms with Crippen molar-refractivity contribution < 1.29 is 14.3 Å². The van der Waals surface area contributed by atoms with Crippen molar-refractivity contribution in [3.05, 3.63) is 48.2 Å². The Kier molecular flexibility index (Phi) is 3.87. The van der Waals surface area contributed by atoms with Gasteiger partial charge in [-0.05, 0) is 36.4 Å². The van der Waals surface area contributed by atoms with Gasteiger partial charge < -0.3 is 14.4 Å². The van der Waals surface area contributed by atoms with E-state index in [1.54, 1.807) is 10.9 Å². The molecule has 27 heavy (non-hydrogen) atoms. The van der Waals surface area contributed by atoms with E-state index < -0.39 is 5.79 Å². The van der Waals surface area contributed by atoms with Crippen molar-refractivity contribution in [2.75, 3.05) is 26.3 Å². The van der Waals surface area contributed by atoms with Gasteiger partial charge in [-0.1, -0.05) is 5.21 Å². The highest BCUT2D eigenvalue weighted by Crippen LogP contribution is 2.31. The van der Waals surface area contributed by atoms with Crippen LogP contribution in [0.3, 0.4) is 0 Å². The van der Waals surface area contributed by atoms with E-state index in [2.05, 4.69) is 15.3 Å². The second-order valence-electron chi connectivity index (χ2n) is 6.79. The van der Waals surface area contributed by atoms with Gasteiger partial charge >= 0.3 is 0 Å². The standard InChI is InChI=1S/C19H19N5O3/c25-18(23-10-7-19(8-11-23)26-12-13-27-19)14-3-5-15(6-4-14)24-17-16(21-22-24)2-1-9-20-17/h1-6,9H,7-8,10-13H2. The van der Waals surface area contributed by atoms with Crippen LogP contribution in [0, 0.1) is 0 Å². The van der Waals surface area contributed by atoms with Crippen LogP contribution in [0.5, 0.6) is 0 Å². The Morgan fingerprint density at radius 3 is 2.52 bits per heavy atom. The van der Waals surface area contributed by atoms with Gasteiger partial charge in [0, 0.05) is 37.7 Å². The Labute approximate surface area is 155 Å². The first-order chi connectivity index (χ1) is 13.2. The highest BCUT2D eigenvalue weighted by atomic mass is 16.7. The average Bonchev–Trinajstić information content (AvgIpc) is 3.36. The second-order valence-corrected chi connectivity index (χ2v) is 6.79. The Hall–Kier alpha value is -2.84. The lowest BCUT2D eigenvalue weighted by Gasteiger charge is -2.37. The van der Waals surface area contributed by atoms with E-state index in [-0.39, 0.29) is 5.91 Å². The zero-order valence-corrected chi connectivity index (χ0v) is 14.7. The third kappa shape index (κ3) is 2.87. The summed E-state index contributed by atoms with van der Waals surface area (Å²) in [6.45, 7) is 2.55. The van der Waals surface area contributed by atoms with Crippen molar-refractivity contribution in [1.82, 2.24) is 24.9 Å². The van der Waals surface area contributed by atoms with Crippen LogP contribution in [-0.2, 0) is 9.47 Å². The molecule has 0 atom stereocenters. The molecule has 2 aliphatic rings. The average molecular weight is 365 g/mol. The highest BCUT2D eigenvalue weighted by Gasteiger charge is 2.40. The van der Waals surface area contributed by atoms with E-state index in [0.29, 0.717) is 50.4 Å². The van der Waals surface area contributed by atoms with E-state index in [1.807, 2.05) is 41.3 Å². The molecular formula is C19H19N5O3. The van der Waals surface area contributed by atoms with E-state index >= 15 is 0 Å². The number of nitrogens with zero attached hydrogens (tertiary/aromatic N) is 5. The molecule has 2 fully saturated rings. The van der Waals surface area contributed by atoms with E-state index in [1.165, 1.54) is 0 Å². The van der Waals surface area contributed by atoms with Crippen molar-refractivity contribution in [3.63, 3.8) is 0 Å². The molecule has 0 unspecified atom stereocenters. The minimum absolute atomic E-state index is 0.0240.